The highest BCUT2D eigenvalue weighted by Gasteiger charge is 2.14. The van der Waals surface area contributed by atoms with Gasteiger partial charge in [-0.3, -0.25) is 4.98 Å². The van der Waals surface area contributed by atoms with E-state index in [1.54, 1.807) is 6.07 Å². The lowest BCUT2D eigenvalue weighted by Crippen LogP contribution is -2.24. The largest absolute Gasteiger partial charge is 0.310 e. The maximum Gasteiger partial charge on any atom is 0.126 e. The summed E-state index contributed by atoms with van der Waals surface area (Å²) >= 11 is 0. The first-order chi connectivity index (χ1) is 9.70. The molecule has 0 bridgehead atoms. The number of rotatable bonds is 6. The van der Waals surface area contributed by atoms with Gasteiger partial charge in [0.2, 0.25) is 0 Å². The van der Waals surface area contributed by atoms with Gasteiger partial charge in [0.25, 0.3) is 0 Å². The molecule has 1 heterocycles. The van der Waals surface area contributed by atoms with Crippen molar-refractivity contribution in [2.24, 2.45) is 0 Å². The number of hydrogen-bond acceptors (Lipinski definition) is 2. The summed E-state index contributed by atoms with van der Waals surface area (Å²) < 4.78 is 13.8. The van der Waals surface area contributed by atoms with Crippen molar-refractivity contribution < 1.29 is 4.39 Å². The molecule has 0 spiro atoms. The Morgan fingerprint density at radius 2 is 2.00 bits per heavy atom. The van der Waals surface area contributed by atoms with Crippen molar-refractivity contribution in [3.63, 3.8) is 0 Å². The summed E-state index contributed by atoms with van der Waals surface area (Å²) in [5.41, 5.74) is 2.84. The Morgan fingerprint density at radius 1 is 1.20 bits per heavy atom. The van der Waals surface area contributed by atoms with Gasteiger partial charge in [-0.25, -0.2) is 4.39 Å². The van der Waals surface area contributed by atoms with Gasteiger partial charge in [-0.2, -0.15) is 0 Å². The van der Waals surface area contributed by atoms with Crippen LogP contribution in [-0.4, -0.2) is 11.5 Å². The standard InChI is InChI=1S/C17H21FN2/c1-3-10-19-17(15-9-8-13(2)20-12-15)11-14-6-4-5-7-16(14)18/h4-9,12,17,19H,3,10-11H2,1-2H3. The van der Waals surface area contributed by atoms with Crippen LogP contribution in [0.5, 0.6) is 0 Å². The Morgan fingerprint density at radius 3 is 2.65 bits per heavy atom. The van der Waals surface area contributed by atoms with Gasteiger partial charge in [-0.15, -0.1) is 0 Å². The number of nitrogens with zero attached hydrogens (tertiary/aromatic N) is 1. The molecule has 1 aromatic carbocycles. The van der Waals surface area contributed by atoms with Crippen LogP contribution in [0, 0.1) is 12.7 Å². The molecule has 1 unspecified atom stereocenters. The third-order valence-corrected chi connectivity index (χ3v) is 3.36. The average molecular weight is 272 g/mol. The molecule has 1 aromatic heterocycles. The third kappa shape index (κ3) is 3.87. The fourth-order valence-corrected chi connectivity index (χ4v) is 2.20. The summed E-state index contributed by atoms with van der Waals surface area (Å²) in [7, 11) is 0. The molecule has 2 rings (SSSR count). The van der Waals surface area contributed by atoms with E-state index in [-0.39, 0.29) is 11.9 Å². The van der Waals surface area contributed by atoms with Crippen molar-refractivity contribution in [1.29, 1.82) is 0 Å². The Labute approximate surface area is 120 Å². The summed E-state index contributed by atoms with van der Waals surface area (Å²) in [4.78, 5) is 4.34. The van der Waals surface area contributed by atoms with E-state index in [1.165, 1.54) is 6.07 Å². The number of pyridine rings is 1. The van der Waals surface area contributed by atoms with Crippen LogP contribution in [-0.2, 0) is 6.42 Å². The van der Waals surface area contributed by atoms with Crippen molar-refractivity contribution in [3.8, 4) is 0 Å². The molecule has 0 aliphatic rings. The molecular formula is C17H21FN2. The maximum absolute atomic E-state index is 13.8. The van der Waals surface area contributed by atoms with E-state index in [2.05, 4.69) is 23.3 Å². The summed E-state index contributed by atoms with van der Waals surface area (Å²) in [6.45, 7) is 5.00. The zero-order valence-electron chi connectivity index (χ0n) is 12.1. The lowest BCUT2D eigenvalue weighted by Gasteiger charge is -2.19. The predicted octanol–water partition coefficient (Wildman–Crippen LogP) is 3.81. The van der Waals surface area contributed by atoms with Gasteiger partial charge < -0.3 is 5.32 Å². The minimum Gasteiger partial charge on any atom is -0.310 e. The van der Waals surface area contributed by atoms with Crippen LogP contribution in [0.1, 0.15) is 36.2 Å². The molecule has 0 saturated carbocycles. The van der Waals surface area contributed by atoms with Gasteiger partial charge in [0.05, 0.1) is 0 Å². The number of aryl methyl sites for hydroxylation is 1. The van der Waals surface area contributed by atoms with Crippen LogP contribution >= 0.6 is 0 Å². The molecule has 0 amide bonds. The van der Waals surface area contributed by atoms with E-state index < -0.39 is 0 Å². The fourth-order valence-electron chi connectivity index (χ4n) is 2.20. The predicted molar refractivity (Wildman–Crippen MR) is 80.1 cm³/mol. The van der Waals surface area contributed by atoms with E-state index in [9.17, 15) is 4.39 Å². The van der Waals surface area contributed by atoms with Gasteiger partial charge in [0, 0.05) is 17.9 Å². The quantitative estimate of drug-likeness (QED) is 0.865. The van der Waals surface area contributed by atoms with E-state index >= 15 is 0 Å². The zero-order valence-corrected chi connectivity index (χ0v) is 12.1. The molecular weight excluding hydrogens is 251 g/mol. The molecule has 0 fully saturated rings. The molecule has 0 radical (unpaired) electrons. The van der Waals surface area contributed by atoms with Gasteiger partial charge in [0.1, 0.15) is 5.82 Å². The Bertz CT molecular complexity index is 537. The van der Waals surface area contributed by atoms with Crippen LogP contribution in [0.25, 0.3) is 0 Å². The fraction of sp³-hybridized carbons (Fsp3) is 0.353. The second kappa shape index (κ2) is 7.15. The molecule has 2 nitrogen and oxygen atoms in total. The molecule has 0 aliphatic heterocycles. The zero-order chi connectivity index (χ0) is 14.4. The highest BCUT2D eigenvalue weighted by Crippen LogP contribution is 2.20. The van der Waals surface area contributed by atoms with Gasteiger partial charge >= 0.3 is 0 Å². The lowest BCUT2D eigenvalue weighted by atomic mass is 9.99. The van der Waals surface area contributed by atoms with Crippen LogP contribution < -0.4 is 5.32 Å². The number of nitrogens with one attached hydrogen (secondary N) is 1. The third-order valence-electron chi connectivity index (χ3n) is 3.36. The number of benzene rings is 1. The van der Waals surface area contributed by atoms with Crippen molar-refractivity contribution in [2.75, 3.05) is 6.54 Å². The number of aromatic nitrogens is 1. The molecule has 3 heteroatoms. The van der Waals surface area contributed by atoms with E-state index in [0.717, 1.165) is 29.8 Å². The smallest absolute Gasteiger partial charge is 0.126 e. The summed E-state index contributed by atoms with van der Waals surface area (Å²) in [5, 5.41) is 3.47. The topological polar surface area (TPSA) is 24.9 Å². The number of halogens is 1. The molecule has 0 saturated heterocycles. The van der Waals surface area contributed by atoms with Crippen LogP contribution in [0.2, 0.25) is 0 Å². The summed E-state index contributed by atoms with van der Waals surface area (Å²) in [6, 6.07) is 11.1. The normalized spacial score (nSPS) is 12.3. The second-order valence-electron chi connectivity index (χ2n) is 5.04. The minimum absolute atomic E-state index is 0.0972. The van der Waals surface area contributed by atoms with Gasteiger partial charge in [-0.05, 0) is 49.6 Å². The minimum atomic E-state index is -0.143. The molecule has 1 N–H and O–H groups in total. The maximum atomic E-state index is 13.8. The van der Waals surface area contributed by atoms with Crippen molar-refractivity contribution >= 4 is 0 Å². The van der Waals surface area contributed by atoms with Gasteiger partial charge in [-0.1, -0.05) is 31.2 Å². The lowest BCUT2D eigenvalue weighted by molar-refractivity contribution is 0.511. The van der Waals surface area contributed by atoms with Crippen LogP contribution in [0.3, 0.4) is 0 Å². The Hall–Kier alpha value is -1.74. The van der Waals surface area contributed by atoms with Crippen LogP contribution in [0.15, 0.2) is 42.6 Å². The summed E-state index contributed by atoms with van der Waals surface area (Å²) in [6.07, 6.45) is 3.56. The first-order valence-corrected chi connectivity index (χ1v) is 7.10. The first-order valence-electron chi connectivity index (χ1n) is 7.10. The molecule has 106 valence electrons. The molecule has 2 aromatic rings. The average Bonchev–Trinajstić information content (AvgIpc) is 2.46. The Kier molecular flexibility index (Phi) is 5.24. The van der Waals surface area contributed by atoms with Crippen LogP contribution in [0.4, 0.5) is 4.39 Å². The van der Waals surface area contributed by atoms with Crippen molar-refractivity contribution in [3.05, 3.63) is 65.2 Å². The number of hydrogen-bond donors (Lipinski definition) is 1. The SMILES string of the molecule is CCCNC(Cc1ccccc1F)c1ccc(C)nc1. The highest BCUT2D eigenvalue weighted by atomic mass is 19.1. The monoisotopic (exact) mass is 272 g/mol. The van der Waals surface area contributed by atoms with E-state index in [4.69, 9.17) is 0 Å². The second-order valence-corrected chi connectivity index (χ2v) is 5.04. The molecule has 1 atom stereocenters. The van der Waals surface area contributed by atoms with E-state index in [0.29, 0.717) is 6.42 Å². The molecule has 20 heavy (non-hydrogen) atoms. The summed E-state index contributed by atoms with van der Waals surface area (Å²) in [5.74, 6) is -0.143. The van der Waals surface area contributed by atoms with E-state index in [1.807, 2.05) is 31.3 Å². The van der Waals surface area contributed by atoms with Gasteiger partial charge in [0.15, 0.2) is 0 Å². The Balaban J connectivity index is 2.19. The van der Waals surface area contributed by atoms with Crippen molar-refractivity contribution in [2.45, 2.75) is 32.7 Å². The molecule has 0 aliphatic carbocycles. The van der Waals surface area contributed by atoms with Crippen molar-refractivity contribution in [1.82, 2.24) is 10.3 Å². The highest BCUT2D eigenvalue weighted by molar-refractivity contribution is 5.23. The first kappa shape index (κ1) is 14.7.